The van der Waals surface area contributed by atoms with Crippen molar-refractivity contribution in [3.05, 3.63) is 72.2 Å². The van der Waals surface area contributed by atoms with Gasteiger partial charge < -0.3 is 9.80 Å². The van der Waals surface area contributed by atoms with Gasteiger partial charge in [-0.1, -0.05) is 58.9 Å². The molecule has 3 aromatic rings. The van der Waals surface area contributed by atoms with Gasteiger partial charge in [-0.05, 0) is 34.6 Å². The van der Waals surface area contributed by atoms with Gasteiger partial charge in [-0.2, -0.15) is 0 Å². The number of hydrogen-bond donors (Lipinski definition) is 0. The molecule has 170 valence electrons. The van der Waals surface area contributed by atoms with E-state index in [-0.39, 0.29) is 6.17 Å². The number of allylic oxidation sites excluding steroid dienone is 1. The van der Waals surface area contributed by atoms with E-state index in [0.29, 0.717) is 23.7 Å². The van der Waals surface area contributed by atoms with Crippen LogP contribution in [0.15, 0.2) is 55.5 Å². The summed E-state index contributed by atoms with van der Waals surface area (Å²) in [7, 11) is 2.16. The predicted molar refractivity (Wildman–Crippen MR) is 136 cm³/mol. The van der Waals surface area contributed by atoms with Gasteiger partial charge in [-0.3, -0.25) is 4.98 Å². The number of nitrogens with zero attached hydrogens (tertiary/aromatic N) is 5. The predicted octanol–water partition coefficient (Wildman–Crippen LogP) is 6.62. The molecule has 2 aliphatic heterocycles. The van der Waals surface area contributed by atoms with Crippen molar-refractivity contribution in [3.63, 3.8) is 0 Å². The first-order chi connectivity index (χ1) is 15.8. The molecule has 0 saturated carbocycles. The van der Waals surface area contributed by atoms with Crippen LogP contribution < -0.4 is 9.80 Å². The van der Waals surface area contributed by atoms with Crippen LogP contribution in [0.4, 0.5) is 17.2 Å². The highest BCUT2D eigenvalue weighted by Crippen LogP contribution is 2.53. The first kappa shape index (κ1) is 21.6. The quantitative estimate of drug-likeness (QED) is 0.428. The molecule has 0 spiro atoms. The van der Waals surface area contributed by atoms with E-state index in [1.807, 2.05) is 18.6 Å². The van der Waals surface area contributed by atoms with Crippen molar-refractivity contribution >= 4 is 17.2 Å². The van der Waals surface area contributed by atoms with Gasteiger partial charge >= 0.3 is 0 Å². The van der Waals surface area contributed by atoms with E-state index >= 15 is 0 Å². The van der Waals surface area contributed by atoms with Crippen LogP contribution in [0.2, 0.25) is 0 Å². The Morgan fingerprint density at radius 1 is 0.970 bits per heavy atom. The number of hydrogen-bond acceptors (Lipinski definition) is 5. The van der Waals surface area contributed by atoms with Crippen LogP contribution in [-0.4, -0.2) is 28.2 Å². The standard InChI is InChI=1S/C28H33N5/c1-8-19-18(6)28-32(7)27-24(33(28)23-12-10-9-11-20(19)23)15-30-26(31-27)25-21(16(2)3)13-29-14-22(25)17(4)5/h8-19,28H,1H2,2-7H3. The fourth-order valence-corrected chi connectivity index (χ4v) is 5.64. The molecule has 0 amide bonds. The molecule has 33 heavy (non-hydrogen) atoms. The van der Waals surface area contributed by atoms with E-state index in [2.05, 4.69) is 93.4 Å². The van der Waals surface area contributed by atoms with Gasteiger partial charge in [0.1, 0.15) is 11.9 Å². The molecule has 4 heterocycles. The summed E-state index contributed by atoms with van der Waals surface area (Å²) in [6.07, 6.45) is 8.23. The van der Waals surface area contributed by atoms with Crippen LogP contribution in [-0.2, 0) is 0 Å². The van der Waals surface area contributed by atoms with Gasteiger partial charge in [-0.15, -0.1) is 6.58 Å². The Labute approximate surface area is 197 Å². The third-order valence-corrected chi connectivity index (χ3v) is 7.32. The zero-order valence-electron chi connectivity index (χ0n) is 20.4. The first-order valence-corrected chi connectivity index (χ1v) is 11.9. The van der Waals surface area contributed by atoms with Crippen LogP contribution in [0.5, 0.6) is 0 Å². The summed E-state index contributed by atoms with van der Waals surface area (Å²) in [5.74, 6) is 3.11. The number of aromatic nitrogens is 3. The first-order valence-electron chi connectivity index (χ1n) is 11.9. The maximum Gasteiger partial charge on any atom is 0.162 e. The minimum absolute atomic E-state index is 0.175. The molecule has 5 rings (SSSR count). The molecule has 0 saturated heterocycles. The Balaban J connectivity index is 1.70. The van der Waals surface area contributed by atoms with Crippen molar-refractivity contribution in [1.82, 2.24) is 15.0 Å². The van der Waals surface area contributed by atoms with Gasteiger partial charge in [0.25, 0.3) is 0 Å². The van der Waals surface area contributed by atoms with E-state index < -0.39 is 0 Å². The van der Waals surface area contributed by atoms with Gasteiger partial charge in [0.05, 0.1) is 6.20 Å². The number of para-hydroxylation sites is 1. The molecule has 2 aliphatic rings. The Kier molecular flexibility index (Phi) is 5.23. The lowest BCUT2D eigenvalue weighted by Crippen LogP contribution is -2.48. The zero-order chi connectivity index (χ0) is 23.4. The molecule has 3 unspecified atom stereocenters. The van der Waals surface area contributed by atoms with Crippen LogP contribution in [0, 0.1) is 5.92 Å². The SMILES string of the molecule is C=CC1c2ccccc2N2c3cnc(-c4c(C(C)C)cncc4C(C)C)nc3N(C)C2C1C. The van der Waals surface area contributed by atoms with Crippen LogP contribution >= 0.6 is 0 Å². The summed E-state index contributed by atoms with van der Waals surface area (Å²) in [6.45, 7) is 15.3. The van der Waals surface area contributed by atoms with Crippen molar-refractivity contribution in [1.29, 1.82) is 0 Å². The molecule has 5 heteroatoms. The fraction of sp³-hybridized carbons (Fsp3) is 0.393. The zero-order valence-corrected chi connectivity index (χ0v) is 20.4. The van der Waals surface area contributed by atoms with Crippen LogP contribution in [0.25, 0.3) is 11.4 Å². The van der Waals surface area contributed by atoms with Gasteiger partial charge in [-0.25, -0.2) is 9.97 Å². The largest absolute Gasteiger partial charge is 0.337 e. The second-order valence-corrected chi connectivity index (χ2v) is 9.98. The lowest BCUT2D eigenvalue weighted by atomic mass is 9.80. The summed E-state index contributed by atoms with van der Waals surface area (Å²) >= 11 is 0. The lowest BCUT2D eigenvalue weighted by Gasteiger charge is -2.43. The highest BCUT2D eigenvalue weighted by atomic mass is 15.4. The van der Waals surface area contributed by atoms with E-state index in [9.17, 15) is 0 Å². The summed E-state index contributed by atoms with van der Waals surface area (Å²) < 4.78 is 0. The maximum absolute atomic E-state index is 5.19. The van der Waals surface area contributed by atoms with Crippen LogP contribution in [0.1, 0.15) is 69.1 Å². The number of anilines is 3. The fourth-order valence-electron chi connectivity index (χ4n) is 5.64. The van der Waals surface area contributed by atoms with Crippen LogP contribution in [0.3, 0.4) is 0 Å². The molecule has 0 N–H and O–H groups in total. The third kappa shape index (κ3) is 3.17. The molecule has 0 bridgehead atoms. The second-order valence-electron chi connectivity index (χ2n) is 9.98. The van der Waals surface area contributed by atoms with Gasteiger partial charge in [0.15, 0.2) is 11.6 Å². The summed E-state index contributed by atoms with van der Waals surface area (Å²) in [5, 5.41) is 0. The normalized spacial score (nSPS) is 21.3. The van der Waals surface area contributed by atoms with Gasteiger partial charge in [0, 0.05) is 42.5 Å². The van der Waals surface area contributed by atoms with Gasteiger partial charge in [0.2, 0.25) is 0 Å². The van der Waals surface area contributed by atoms with Crippen molar-refractivity contribution in [3.8, 4) is 11.4 Å². The van der Waals surface area contributed by atoms with Crippen molar-refractivity contribution < 1.29 is 0 Å². The Morgan fingerprint density at radius 3 is 2.27 bits per heavy atom. The van der Waals surface area contributed by atoms with E-state index in [0.717, 1.165) is 22.9 Å². The molecule has 0 aliphatic carbocycles. The van der Waals surface area contributed by atoms with Crippen molar-refractivity contribution in [2.24, 2.45) is 5.92 Å². The number of benzene rings is 1. The molecule has 0 fully saturated rings. The topological polar surface area (TPSA) is 45.2 Å². The molecule has 5 nitrogen and oxygen atoms in total. The average molecular weight is 440 g/mol. The Hall–Kier alpha value is -3.21. The van der Waals surface area contributed by atoms with Crippen molar-refractivity contribution in [2.75, 3.05) is 16.8 Å². The Bertz CT molecular complexity index is 1190. The average Bonchev–Trinajstić information content (AvgIpc) is 3.11. The Morgan fingerprint density at radius 2 is 1.64 bits per heavy atom. The highest BCUT2D eigenvalue weighted by Gasteiger charge is 2.46. The number of pyridine rings is 1. The smallest absolute Gasteiger partial charge is 0.162 e. The van der Waals surface area contributed by atoms with Crippen molar-refractivity contribution in [2.45, 2.75) is 58.5 Å². The monoisotopic (exact) mass is 439 g/mol. The molecular weight excluding hydrogens is 406 g/mol. The summed E-state index contributed by atoms with van der Waals surface area (Å²) in [5.41, 5.74) is 7.14. The maximum atomic E-state index is 5.19. The molecule has 3 atom stereocenters. The minimum atomic E-state index is 0.175. The van der Waals surface area contributed by atoms with E-state index in [1.54, 1.807) is 0 Å². The third-order valence-electron chi connectivity index (χ3n) is 7.32. The molecular formula is C28H33N5. The summed E-state index contributed by atoms with van der Waals surface area (Å²) in [4.78, 5) is 19.4. The number of fused-ring (bicyclic) bond motifs is 5. The van der Waals surface area contributed by atoms with E-state index in [4.69, 9.17) is 9.97 Å². The summed E-state index contributed by atoms with van der Waals surface area (Å²) in [6, 6.07) is 8.66. The lowest BCUT2D eigenvalue weighted by molar-refractivity contribution is 0.402. The molecule has 0 radical (unpaired) electrons. The minimum Gasteiger partial charge on any atom is -0.337 e. The molecule has 2 aromatic heterocycles. The van der Waals surface area contributed by atoms with E-state index in [1.165, 1.54) is 22.4 Å². The highest BCUT2D eigenvalue weighted by molar-refractivity contribution is 5.84. The second kappa shape index (κ2) is 7.98. The molecule has 1 aromatic carbocycles. The number of rotatable bonds is 4.